The molecule has 1 aliphatic carbocycles. The van der Waals surface area contributed by atoms with Gasteiger partial charge in [0, 0.05) is 31.0 Å². The molecule has 0 saturated heterocycles. The van der Waals surface area contributed by atoms with Crippen molar-refractivity contribution in [1.29, 1.82) is 0 Å². The molecule has 38 heavy (non-hydrogen) atoms. The average molecular weight is 517 g/mol. The average Bonchev–Trinajstić information content (AvgIpc) is 3.44. The van der Waals surface area contributed by atoms with Gasteiger partial charge in [0.25, 0.3) is 0 Å². The Bertz CT molecular complexity index is 1180. The Hall–Kier alpha value is -3.67. The van der Waals surface area contributed by atoms with Gasteiger partial charge in [-0.2, -0.15) is 0 Å². The van der Waals surface area contributed by atoms with Crippen LogP contribution in [0.2, 0.25) is 0 Å². The summed E-state index contributed by atoms with van der Waals surface area (Å²) >= 11 is 0. The molecule has 0 bridgehead atoms. The first-order valence-corrected chi connectivity index (χ1v) is 13.6. The van der Waals surface area contributed by atoms with Crippen LogP contribution < -0.4 is 10.1 Å². The van der Waals surface area contributed by atoms with Crippen molar-refractivity contribution in [2.24, 2.45) is 0 Å². The number of rotatable bonds is 12. The third-order valence-corrected chi connectivity index (χ3v) is 7.10. The van der Waals surface area contributed by atoms with Gasteiger partial charge in [0.15, 0.2) is 0 Å². The standard InChI is InChI=1S/C32H37FN2O3/c1-24-17-19-28(20-18-24)38-21-9-16-31(36)35(23-26-12-5-8-15-29(26)33)30(22-25-10-3-2-4-11-25)32(37)34-27-13-6-7-14-27/h2-5,8,10-12,15,17-20,27,30H,6-7,9,13-14,16,21-23H2,1H3,(H,34,37). The van der Waals surface area contributed by atoms with Crippen LogP contribution in [0.3, 0.4) is 0 Å². The van der Waals surface area contributed by atoms with Gasteiger partial charge in [0.1, 0.15) is 17.6 Å². The molecule has 2 amide bonds. The minimum atomic E-state index is -0.747. The van der Waals surface area contributed by atoms with E-state index in [1.807, 2.05) is 61.5 Å². The molecule has 3 aromatic rings. The molecule has 6 heteroatoms. The molecule has 4 rings (SSSR count). The van der Waals surface area contributed by atoms with Crippen molar-refractivity contribution < 1.29 is 18.7 Å². The minimum absolute atomic E-state index is 0.0277. The molecule has 1 aliphatic rings. The smallest absolute Gasteiger partial charge is 0.243 e. The molecular weight excluding hydrogens is 479 g/mol. The highest BCUT2D eigenvalue weighted by molar-refractivity contribution is 5.88. The number of hydrogen-bond acceptors (Lipinski definition) is 3. The van der Waals surface area contributed by atoms with Gasteiger partial charge >= 0.3 is 0 Å². The van der Waals surface area contributed by atoms with E-state index >= 15 is 0 Å². The van der Waals surface area contributed by atoms with Crippen LogP contribution in [0.5, 0.6) is 5.75 Å². The van der Waals surface area contributed by atoms with E-state index in [0.29, 0.717) is 25.0 Å². The molecule has 0 heterocycles. The monoisotopic (exact) mass is 516 g/mol. The summed E-state index contributed by atoms with van der Waals surface area (Å²) in [7, 11) is 0. The van der Waals surface area contributed by atoms with Gasteiger partial charge in [-0.1, -0.05) is 79.1 Å². The molecule has 5 nitrogen and oxygen atoms in total. The maximum Gasteiger partial charge on any atom is 0.243 e. The molecule has 1 fully saturated rings. The second-order valence-electron chi connectivity index (χ2n) is 10.1. The first-order chi connectivity index (χ1) is 18.5. The Morgan fingerprint density at radius 3 is 2.37 bits per heavy atom. The molecule has 1 N–H and O–H groups in total. The zero-order chi connectivity index (χ0) is 26.7. The normalized spacial score (nSPS) is 14.2. The van der Waals surface area contributed by atoms with Crippen LogP contribution in [-0.2, 0) is 22.6 Å². The predicted molar refractivity (Wildman–Crippen MR) is 147 cm³/mol. The maximum atomic E-state index is 14.7. The van der Waals surface area contributed by atoms with Crippen molar-refractivity contribution in [3.63, 3.8) is 0 Å². The Balaban J connectivity index is 1.52. The van der Waals surface area contributed by atoms with Gasteiger partial charge in [-0.15, -0.1) is 0 Å². The van der Waals surface area contributed by atoms with Gasteiger partial charge in [-0.25, -0.2) is 4.39 Å². The summed E-state index contributed by atoms with van der Waals surface area (Å²) in [6.45, 7) is 2.42. The molecule has 0 aromatic heterocycles. The molecule has 0 aliphatic heterocycles. The van der Waals surface area contributed by atoms with Crippen molar-refractivity contribution in [2.75, 3.05) is 6.61 Å². The molecule has 200 valence electrons. The van der Waals surface area contributed by atoms with Gasteiger partial charge < -0.3 is 15.0 Å². The van der Waals surface area contributed by atoms with Crippen molar-refractivity contribution in [3.05, 3.63) is 101 Å². The van der Waals surface area contributed by atoms with Gasteiger partial charge in [-0.05, 0) is 49.9 Å². The molecule has 1 unspecified atom stereocenters. The fourth-order valence-electron chi connectivity index (χ4n) is 4.92. The van der Waals surface area contributed by atoms with Crippen LogP contribution in [0.1, 0.15) is 55.2 Å². The molecule has 0 spiro atoms. The highest BCUT2D eigenvalue weighted by Gasteiger charge is 2.32. The molecule has 3 aromatic carbocycles. The van der Waals surface area contributed by atoms with Crippen molar-refractivity contribution in [1.82, 2.24) is 10.2 Å². The number of aryl methyl sites for hydroxylation is 1. The largest absolute Gasteiger partial charge is 0.494 e. The van der Waals surface area contributed by atoms with Gasteiger partial charge in [-0.3, -0.25) is 9.59 Å². The number of benzene rings is 3. The molecular formula is C32H37FN2O3. The predicted octanol–water partition coefficient (Wildman–Crippen LogP) is 5.99. The summed E-state index contributed by atoms with van der Waals surface area (Å²) in [5, 5.41) is 3.18. The van der Waals surface area contributed by atoms with Crippen LogP contribution in [0.4, 0.5) is 4.39 Å². The fraction of sp³-hybridized carbons (Fsp3) is 0.375. The molecule has 1 atom stereocenters. The third kappa shape index (κ3) is 7.91. The lowest BCUT2D eigenvalue weighted by molar-refractivity contribution is -0.141. The van der Waals surface area contributed by atoms with Crippen LogP contribution in [0.25, 0.3) is 0 Å². The lowest BCUT2D eigenvalue weighted by Crippen LogP contribution is -2.52. The summed E-state index contributed by atoms with van der Waals surface area (Å²) in [6, 6.07) is 23.3. The highest BCUT2D eigenvalue weighted by atomic mass is 19.1. The van der Waals surface area contributed by atoms with Crippen LogP contribution in [0, 0.1) is 12.7 Å². The van der Waals surface area contributed by atoms with E-state index in [-0.39, 0.29) is 36.6 Å². The van der Waals surface area contributed by atoms with Crippen molar-refractivity contribution in [2.45, 2.75) is 70.5 Å². The SMILES string of the molecule is Cc1ccc(OCCCC(=O)N(Cc2ccccc2F)C(Cc2ccccc2)C(=O)NC2CCCC2)cc1. The van der Waals surface area contributed by atoms with Gasteiger partial charge in [0.2, 0.25) is 11.8 Å². The fourth-order valence-corrected chi connectivity index (χ4v) is 4.92. The summed E-state index contributed by atoms with van der Waals surface area (Å²) in [4.78, 5) is 28.9. The lowest BCUT2D eigenvalue weighted by Gasteiger charge is -2.32. The number of halogens is 1. The summed E-state index contributed by atoms with van der Waals surface area (Å²) in [5.74, 6) is -0.00330. The van der Waals surface area contributed by atoms with Crippen LogP contribution in [0.15, 0.2) is 78.9 Å². The zero-order valence-corrected chi connectivity index (χ0v) is 22.1. The summed E-state index contributed by atoms with van der Waals surface area (Å²) < 4.78 is 20.5. The van der Waals surface area contributed by atoms with E-state index < -0.39 is 6.04 Å². The lowest BCUT2D eigenvalue weighted by atomic mass is 10.0. The Kier molecular flexibility index (Phi) is 9.90. The summed E-state index contributed by atoms with van der Waals surface area (Å²) in [6.07, 6.45) is 5.12. The van der Waals surface area contributed by atoms with E-state index in [4.69, 9.17) is 4.74 Å². The molecule has 0 radical (unpaired) electrons. The van der Waals surface area contributed by atoms with Crippen molar-refractivity contribution >= 4 is 11.8 Å². The van der Waals surface area contributed by atoms with E-state index in [1.54, 1.807) is 23.1 Å². The Morgan fingerprint density at radius 1 is 0.974 bits per heavy atom. The number of nitrogens with one attached hydrogen (secondary N) is 1. The first kappa shape index (κ1) is 27.4. The van der Waals surface area contributed by atoms with Gasteiger partial charge in [0.05, 0.1) is 6.61 Å². The maximum absolute atomic E-state index is 14.7. The molecule has 1 saturated carbocycles. The Labute approximate surface area is 225 Å². The van der Waals surface area contributed by atoms with E-state index in [2.05, 4.69) is 5.32 Å². The first-order valence-electron chi connectivity index (χ1n) is 13.6. The second-order valence-corrected chi connectivity index (χ2v) is 10.1. The van der Waals surface area contributed by atoms with Crippen molar-refractivity contribution in [3.8, 4) is 5.75 Å². The van der Waals surface area contributed by atoms with E-state index in [0.717, 1.165) is 42.6 Å². The Morgan fingerprint density at radius 2 is 1.66 bits per heavy atom. The highest BCUT2D eigenvalue weighted by Crippen LogP contribution is 2.21. The minimum Gasteiger partial charge on any atom is -0.494 e. The number of amides is 2. The number of carbonyl (C=O) groups is 2. The second kappa shape index (κ2) is 13.8. The summed E-state index contributed by atoms with van der Waals surface area (Å²) in [5.41, 5.74) is 2.49. The van der Waals surface area contributed by atoms with Crippen LogP contribution in [-0.4, -0.2) is 35.4 Å². The zero-order valence-electron chi connectivity index (χ0n) is 22.1. The number of hydrogen-bond donors (Lipinski definition) is 1. The van der Waals surface area contributed by atoms with E-state index in [1.165, 1.54) is 6.07 Å². The number of nitrogens with zero attached hydrogens (tertiary/aromatic N) is 1. The van der Waals surface area contributed by atoms with E-state index in [9.17, 15) is 14.0 Å². The van der Waals surface area contributed by atoms with Crippen LogP contribution >= 0.6 is 0 Å². The quantitative estimate of drug-likeness (QED) is 0.301. The topological polar surface area (TPSA) is 58.6 Å². The number of carbonyl (C=O) groups excluding carboxylic acids is 2. The third-order valence-electron chi connectivity index (χ3n) is 7.10. The number of ether oxygens (including phenoxy) is 1.